The lowest BCUT2D eigenvalue weighted by Crippen LogP contribution is -2.28. The molecule has 0 aromatic carbocycles. The third-order valence-corrected chi connectivity index (χ3v) is 4.53. The first-order valence-electron chi connectivity index (χ1n) is 8.25. The van der Waals surface area contributed by atoms with Gasteiger partial charge in [-0.25, -0.2) is 4.98 Å². The van der Waals surface area contributed by atoms with Crippen molar-refractivity contribution in [3.63, 3.8) is 0 Å². The molecule has 4 rings (SSSR count). The largest absolute Gasteiger partial charge is 0.339 e. The molecule has 9 heteroatoms. The van der Waals surface area contributed by atoms with Crippen molar-refractivity contribution in [2.75, 3.05) is 7.05 Å². The average Bonchev–Trinajstić information content (AvgIpc) is 3.24. The highest BCUT2D eigenvalue weighted by Gasteiger charge is 2.21. The first-order valence-corrected chi connectivity index (χ1v) is 8.25. The first-order chi connectivity index (χ1) is 12.0. The van der Waals surface area contributed by atoms with Gasteiger partial charge in [0.05, 0.1) is 18.7 Å². The van der Waals surface area contributed by atoms with Gasteiger partial charge in [-0.3, -0.25) is 19.8 Å². The number of carbonyl (C=O) groups excluding carboxylic acids is 1. The van der Waals surface area contributed by atoms with Crippen molar-refractivity contribution in [3.8, 4) is 0 Å². The van der Waals surface area contributed by atoms with Gasteiger partial charge in [0.15, 0.2) is 0 Å². The van der Waals surface area contributed by atoms with Gasteiger partial charge >= 0.3 is 0 Å². The molecule has 2 N–H and O–H groups in total. The fraction of sp³-hybridized carbons (Fsp3) is 0.438. The number of aromatic amines is 2. The Bertz CT molecular complexity index is 1010. The number of H-pyrrole nitrogens is 2. The highest BCUT2D eigenvalue weighted by Crippen LogP contribution is 2.23. The highest BCUT2D eigenvalue weighted by atomic mass is 16.2. The van der Waals surface area contributed by atoms with E-state index in [9.17, 15) is 9.59 Å². The van der Waals surface area contributed by atoms with Crippen LogP contribution >= 0.6 is 0 Å². The van der Waals surface area contributed by atoms with E-state index in [1.165, 1.54) is 21.8 Å². The summed E-state index contributed by atoms with van der Waals surface area (Å²) in [5.74, 6) is 0.596. The molecular weight excluding hydrogens is 322 g/mol. The van der Waals surface area contributed by atoms with Gasteiger partial charge in [-0.05, 0) is 31.7 Å². The maximum atomic E-state index is 12.5. The molecule has 130 valence electrons. The van der Waals surface area contributed by atoms with Crippen LogP contribution in [0.1, 0.15) is 34.9 Å². The fourth-order valence-electron chi connectivity index (χ4n) is 3.23. The zero-order valence-corrected chi connectivity index (χ0v) is 14.2. The number of fused-ring (bicyclic) bond motifs is 2. The van der Waals surface area contributed by atoms with Gasteiger partial charge in [0, 0.05) is 24.5 Å². The van der Waals surface area contributed by atoms with Gasteiger partial charge < -0.3 is 4.90 Å². The molecule has 3 aromatic rings. The van der Waals surface area contributed by atoms with Gasteiger partial charge in [0.25, 0.3) is 11.3 Å². The fourth-order valence-corrected chi connectivity index (χ4v) is 3.23. The van der Waals surface area contributed by atoms with E-state index in [-0.39, 0.29) is 23.7 Å². The van der Waals surface area contributed by atoms with Crippen molar-refractivity contribution in [2.24, 2.45) is 0 Å². The Hall–Kier alpha value is -2.97. The first kappa shape index (κ1) is 15.6. The SMILES string of the molecule is Cc1cc(=O)n2[nH]c(CC(=O)N(C)Cc3n[nH]c4c3CCC4)nc2n1. The summed E-state index contributed by atoms with van der Waals surface area (Å²) >= 11 is 0. The summed E-state index contributed by atoms with van der Waals surface area (Å²) in [7, 11) is 1.75. The molecule has 0 atom stereocenters. The molecule has 9 nitrogen and oxygen atoms in total. The van der Waals surface area contributed by atoms with Crippen molar-refractivity contribution in [1.82, 2.24) is 34.7 Å². The van der Waals surface area contributed by atoms with E-state index in [1.807, 2.05) is 0 Å². The lowest BCUT2D eigenvalue weighted by Gasteiger charge is -2.15. The molecule has 0 bridgehead atoms. The molecule has 1 aliphatic carbocycles. The molecule has 0 spiro atoms. The number of carbonyl (C=O) groups is 1. The quantitative estimate of drug-likeness (QED) is 0.701. The predicted molar refractivity (Wildman–Crippen MR) is 89.1 cm³/mol. The van der Waals surface area contributed by atoms with Gasteiger partial charge in [-0.1, -0.05) is 0 Å². The number of amides is 1. The van der Waals surface area contributed by atoms with Gasteiger partial charge in [0.2, 0.25) is 5.91 Å². The Morgan fingerprint density at radius 1 is 1.36 bits per heavy atom. The zero-order valence-electron chi connectivity index (χ0n) is 14.2. The standard InChI is InChI=1S/C16H19N7O2/c1-9-6-15(25)23-16(17-9)18-13(21-23)7-14(24)22(2)8-12-10-4-3-5-11(10)19-20-12/h6H,3-5,7-8H2,1-2H3,(H,19,20)(H,17,18,21). The number of nitrogens with zero attached hydrogens (tertiary/aromatic N) is 5. The maximum absolute atomic E-state index is 12.5. The topological polar surface area (TPSA) is 112 Å². The number of hydrogen-bond donors (Lipinski definition) is 2. The normalized spacial score (nSPS) is 13.4. The minimum Gasteiger partial charge on any atom is -0.339 e. The van der Waals surface area contributed by atoms with E-state index in [0.717, 1.165) is 25.0 Å². The van der Waals surface area contributed by atoms with Gasteiger partial charge in [-0.2, -0.15) is 14.6 Å². The predicted octanol–water partition coefficient (Wildman–Crippen LogP) is 0.139. The van der Waals surface area contributed by atoms with Crippen LogP contribution in [0.4, 0.5) is 0 Å². The van der Waals surface area contributed by atoms with E-state index in [1.54, 1.807) is 18.9 Å². The lowest BCUT2D eigenvalue weighted by molar-refractivity contribution is -0.129. The van der Waals surface area contributed by atoms with Crippen LogP contribution in [0.2, 0.25) is 0 Å². The van der Waals surface area contributed by atoms with Crippen molar-refractivity contribution < 1.29 is 4.79 Å². The molecule has 0 saturated heterocycles. The number of rotatable bonds is 4. The number of aryl methyl sites for hydroxylation is 2. The molecule has 3 aromatic heterocycles. The van der Waals surface area contributed by atoms with Crippen LogP contribution < -0.4 is 5.56 Å². The monoisotopic (exact) mass is 341 g/mol. The van der Waals surface area contributed by atoms with Crippen molar-refractivity contribution in [3.05, 3.63) is 44.9 Å². The smallest absolute Gasteiger partial charge is 0.274 e. The molecule has 25 heavy (non-hydrogen) atoms. The van der Waals surface area contributed by atoms with Crippen LogP contribution in [0.5, 0.6) is 0 Å². The van der Waals surface area contributed by atoms with Crippen molar-refractivity contribution >= 4 is 11.7 Å². The molecule has 0 radical (unpaired) electrons. The summed E-state index contributed by atoms with van der Waals surface area (Å²) in [5.41, 5.74) is 3.72. The maximum Gasteiger partial charge on any atom is 0.274 e. The van der Waals surface area contributed by atoms with Crippen molar-refractivity contribution in [2.45, 2.75) is 39.2 Å². The third-order valence-electron chi connectivity index (χ3n) is 4.53. The van der Waals surface area contributed by atoms with Crippen LogP contribution in [-0.4, -0.2) is 47.6 Å². The summed E-state index contributed by atoms with van der Waals surface area (Å²) in [6.07, 6.45) is 3.25. The summed E-state index contributed by atoms with van der Waals surface area (Å²) < 4.78 is 1.25. The number of hydrogen-bond acceptors (Lipinski definition) is 5. The lowest BCUT2D eigenvalue weighted by atomic mass is 10.2. The van der Waals surface area contributed by atoms with Crippen LogP contribution in [0, 0.1) is 6.92 Å². The Labute approximate surface area is 143 Å². The molecule has 1 aliphatic rings. The van der Waals surface area contributed by atoms with Crippen LogP contribution in [0.3, 0.4) is 0 Å². The van der Waals surface area contributed by atoms with Gasteiger partial charge in [-0.15, -0.1) is 0 Å². The summed E-state index contributed by atoms with van der Waals surface area (Å²) in [6.45, 7) is 2.19. The molecular formula is C16H19N7O2. The summed E-state index contributed by atoms with van der Waals surface area (Å²) in [4.78, 5) is 34.4. The van der Waals surface area contributed by atoms with E-state index < -0.39 is 0 Å². The number of likely N-dealkylation sites (N-methyl/N-ethyl adjacent to an activating group) is 1. The van der Waals surface area contributed by atoms with E-state index >= 15 is 0 Å². The Morgan fingerprint density at radius 2 is 2.20 bits per heavy atom. The highest BCUT2D eigenvalue weighted by molar-refractivity contribution is 5.77. The van der Waals surface area contributed by atoms with E-state index in [2.05, 4.69) is 25.3 Å². The minimum absolute atomic E-state index is 0.0744. The number of aromatic nitrogens is 6. The molecule has 3 heterocycles. The second kappa shape index (κ2) is 5.83. The summed E-state index contributed by atoms with van der Waals surface area (Å²) in [6, 6.07) is 1.42. The summed E-state index contributed by atoms with van der Waals surface area (Å²) in [5, 5.41) is 10.2. The van der Waals surface area contributed by atoms with Crippen LogP contribution in [0.25, 0.3) is 5.78 Å². The second-order valence-electron chi connectivity index (χ2n) is 6.45. The molecule has 1 amide bonds. The average molecular weight is 341 g/mol. The molecule has 0 aliphatic heterocycles. The zero-order chi connectivity index (χ0) is 17.6. The second-order valence-corrected chi connectivity index (χ2v) is 6.45. The van der Waals surface area contributed by atoms with E-state index in [0.29, 0.717) is 18.1 Å². The van der Waals surface area contributed by atoms with Crippen LogP contribution in [0.15, 0.2) is 10.9 Å². The molecule has 0 saturated carbocycles. The van der Waals surface area contributed by atoms with E-state index in [4.69, 9.17) is 0 Å². The van der Waals surface area contributed by atoms with Crippen molar-refractivity contribution in [1.29, 1.82) is 0 Å². The third kappa shape index (κ3) is 2.81. The Kier molecular flexibility index (Phi) is 3.63. The van der Waals surface area contributed by atoms with Gasteiger partial charge in [0.1, 0.15) is 5.82 Å². The van der Waals surface area contributed by atoms with Crippen LogP contribution in [-0.2, 0) is 30.6 Å². The minimum atomic E-state index is -0.242. The number of nitrogens with one attached hydrogen (secondary N) is 2. The molecule has 0 unspecified atom stereocenters. The molecule has 0 fully saturated rings. The Balaban J connectivity index is 1.49. The Morgan fingerprint density at radius 3 is 3.04 bits per heavy atom.